The van der Waals surface area contributed by atoms with Crippen molar-refractivity contribution in [2.75, 3.05) is 33.5 Å². The maximum atomic E-state index is 12.5. The molecule has 0 fully saturated rings. The Balaban J connectivity index is 3.97. The number of unbranched alkanes of at least 4 members (excludes halogenated alkanes) is 29. The van der Waals surface area contributed by atoms with E-state index in [9.17, 15) is 4.79 Å². The summed E-state index contributed by atoms with van der Waals surface area (Å²) in [6.45, 7) is 7.02. The van der Waals surface area contributed by atoms with E-state index in [4.69, 9.17) is 14.2 Å². The molecule has 1 N–H and O–H groups in total. The predicted molar refractivity (Wildman–Crippen MR) is 209 cm³/mol. The molecule has 0 bridgehead atoms. The average molecular weight is 682 g/mol. The van der Waals surface area contributed by atoms with E-state index in [0.29, 0.717) is 26.4 Å². The van der Waals surface area contributed by atoms with Gasteiger partial charge < -0.3 is 19.5 Å². The van der Waals surface area contributed by atoms with Crippen LogP contribution < -0.4 is 5.32 Å². The Bertz CT molecular complexity index is 601. The van der Waals surface area contributed by atoms with Gasteiger partial charge in [0.05, 0.1) is 13.2 Å². The van der Waals surface area contributed by atoms with Gasteiger partial charge in [-0.15, -0.1) is 0 Å². The summed E-state index contributed by atoms with van der Waals surface area (Å²) in [4.78, 5) is 12.5. The van der Waals surface area contributed by atoms with E-state index in [1.54, 1.807) is 7.11 Å². The lowest BCUT2D eigenvalue weighted by molar-refractivity contribution is 0.0670. The van der Waals surface area contributed by atoms with Crippen LogP contribution in [0.15, 0.2) is 0 Å². The van der Waals surface area contributed by atoms with Crippen LogP contribution in [0.1, 0.15) is 232 Å². The molecule has 0 aliphatic rings. The van der Waals surface area contributed by atoms with Crippen molar-refractivity contribution in [2.45, 2.75) is 238 Å². The zero-order chi connectivity index (χ0) is 34.9. The summed E-state index contributed by atoms with van der Waals surface area (Å²) in [5, 5.41) is 2.94. The first kappa shape index (κ1) is 47.2. The van der Waals surface area contributed by atoms with Crippen molar-refractivity contribution in [1.29, 1.82) is 0 Å². The predicted octanol–water partition coefficient (Wildman–Crippen LogP) is 14.0. The van der Waals surface area contributed by atoms with Crippen LogP contribution in [0.25, 0.3) is 0 Å². The van der Waals surface area contributed by atoms with Gasteiger partial charge in [-0.2, -0.15) is 0 Å². The number of carbonyl (C=O) groups excluding carboxylic acids is 1. The number of methoxy groups -OCH3 is 1. The highest BCUT2D eigenvalue weighted by molar-refractivity contribution is 5.67. The lowest BCUT2D eigenvalue weighted by atomic mass is 10.0. The van der Waals surface area contributed by atoms with Crippen LogP contribution in [0, 0.1) is 0 Å². The molecule has 1 amide bonds. The van der Waals surface area contributed by atoms with Gasteiger partial charge in [0.15, 0.2) is 0 Å². The molecule has 1 atom stereocenters. The first-order valence-electron chi connectivity index (χ1n) is 21.8. The third-order valence-electron chi connectivity index (χ3n) is 9.95. The van der Waals surface area contributed by atoms with Crippen molar-refractivity contribution in [1.82, 2.24) is 5.32 Å². The molecule has 0 aliphatic carbocycles. The van der Waals surface area contributed by atoms with Crippen LogP contribution in [0.2, 0.25) is 0 Å². The summed E-state index contributed by atoms with van der Waals surface area (Å²) < 4.78 is 16.4. The van der Waals surface area contributed by atoms with Crippen LogP contribution in [0.4, 0.5) is 4.79 Å². The smallest absolute Gasteiger partial charge is 0.407 e. The molecule has 0 aromatic rings. The Kier molecular flexibility index (Phi) is 41.6. The van der Waals surface area contributed by atoms with E-state index in [0.717, 1.165) is 19.3 Å². The topological polar surface area (TPSA) is 56.8 Å². The van der Waals surface area contributed by atoms with Gasteiger partial charge in [-0.25, -0.2) is 4.79 Å². The summed E-state index contributed by atoms with van der Waals surface area (Å²) in [7, 11) is 1.68. The van der Waals surface area contributed by atoms with Gasteiger partial charge in [0.2, 0.25) is 0 Å². The number of hydrogen-bond donors (Lipinski definition) is 1. The standard InChI is InChI=1S/C43H87NO4/c1-4-6-8-10-12-14-16-18-20-22-24-26-28-30-32-34-37-42(48-43(45)44-38-35-39-47-41-40-46-3)36-33-31-29-27-25-23-21-19-17-15-13-11-9-7-5-2/h42H,4-41H2,1-3H3,(H,44,45). The van der Waals surface area contributed by atoms with Gasteiger partial charge in [0.25, 0.3) is 0 Å². The zero-order valence-electron chi connectivity index (χ0n) is 33.1. The van der Waals surface area contributed by atoms with Crippen molar-refractivity contribution in [3.8, 4) is 0 Å². The lowest BCUT2D eigenvalue weighted by Crippen LogP contribution is -2.30. The molecule has 1 unspecified atom stereocenters. The van der Waals surface area contributed by atoms with E-state index < -0.39 is 0 Å². The van der Waals surface area contributed by atoms with E-state index in [2.05, 4.69) is 19.2 Å². The average Bonchev–Trinajstić information content (AvgIpc) is 3.09. The third kappa shape index (κ3) is 39.6. The largest absolute Gasteiger partial charge is 0.446 e. The third-order valence-corrected chi connectivity index (χ3v) is 9.95. The number of ether oxygens (including phenoxy) is 3. The second-order valence-corrected chi connectivity index (χ2v) is 14.7. The molecule has 0 aromatic carbocycles. The summed E-state index contributed by atoms with van der Waals surface area (Å²) in [5.41, 5.74) is 0. The molecule has 0 rings (SSSR count). The van der Waals surface area contributed by atoms with Crippen molar-refractivity contribution >= 4 is 6.09 Å². The highest BCUT2D eigenvalue weighted by atomic mass is 16.6. The van der Waals surface area contributed by atoms with Crippen LogP contribution in [0.3, 0.4) is 0 Å². The molecule has 0 aliphatic heterocycles. The monoisotopic (exact) mass is 682 g/mol. The summed E-state index contributed by atoms with van der Waals surface area (Å²) in [5.74, 6) is 0. The fourth-order valence-corrected chi connectivity index (χ4v) is 6.73. The van der Waals surface area contributed by atoms with E-state index in [1.165, 1.54) is 199 Å². The van der Waals surface area contributed by atoms with Crippen LogP contribution in [0.5, 0.6) is 0 Å². The minimum Gasteiger partial charge on any atom is -0.446 e. The van der Waals surface area contributed by atoms with Crippen molar-refractivity contribution in [3.63, 3.8) is 0 Å². The molecule has 0 aromatic heterocycles. The van der Waals surface area contributed by atoms with Gasteiger partial charge in [-0.1, -0.05) is 200 Å². The van der Waals surface area contributed by atoms with Crippen LogP contribution in [-0.4, -0.2) is 45.7 Å². The Hall–Kier alpha value is -0.810. The Morgan fingerprint density at radius 2 is 0.771 bits per heavy atom. The molecule has 48 heavy (non-hydrogen) atoms. The van der Waals surface area contributed by atoms with Crippen LogP contribution in [-0.2, 0) is 14.2 Å². The molecule has 288 valence electrons. The van der Waals surface area contributed by atoms with Gasteiger partial charge >= 0.3 is 6.09 Å². The minimum atomic E-state index is -0.255. The molecule has 5 nitrogen and oxygen atoms in total. The maximum Gasteiger partial charge on any atom is 0.407 e. The summed E-state index contributed by atoms with van der Waals surface area (Å²) in [6.07, 6.45) is 45.4. The van der Waals surface area contributed by atoms with Gasteiger partial charge in [0, 0.05) is 20.3 Å². The summed E-state index contributed by atoms with van der Waals surface area (Å²) >= 11 is 0. The van der Waals surface area contributed by atoms with E-state index >= 15 is 0 Å². The Labute approximate surface area is 301 Å². The van der Waals surface area contributed by atoms with Crippen molar-refractivity contribution in [3.05, 3.63) is 0 Å². The molecule has 0 saturated carbocycles. The van der Waals surface area contributed by atoms with Crippen molar-refractivity contribution in [2.24, 2.45) is 0 Å². The molecule has 0 radical (unpaired) electrons. The van der Waals surface area contributed by atoms with Crippen LogP contribution >= 0.6 is 0 Å². The Morgan fingerprint density at radius 3 is 1.10 bits per heavy atom. The van der Waals surface area contributed by atoms with E-state index in [1.807, 2.05) is 0 Å². The quantitative estimate of drug-likeness (QED) is 0.0653. The molecule has 0 spiro atoms. The number of alkyl carbamates (subject to hydrolysis) is 1. The van der Waals surface area contributed by atoms with Gasteiger partial charge in [0.1, 0.15) is 6.10 Å². The Morgan fingerprint density at radius 1 is 0.438 bits per heavy atom. The highest BCUT2D eigenvalue weighted by Crippen LogP contribution is 2.19. The number of nitrogens with one attached hydrogen (secondary N) is 1. The SMILES string of the molecule is CCCCCCCCCCCCCCCCCCC(CCCCCCCCCCCCCCCCC)OC(=O)NCCCOCCOC. The normalized spacial score (nSPS) is 12.1. The fourth-order valence-electron chi connectivity index (χ4n) is 6.73. The zero-order valence-corrected chi connectivity index (χ0v) is 33.1. The number of rotatable bonds is 41. The van der Waals surface area contributed by atoms with Crippen molar-refractivity contribution < 1.29 is 19.0 Å². The number of amides is 1. The van der Waals surface area contributed by atoms with E-state index in [-0.39, 0.29) is 12.2 Å². The molecule has 0 saturated heterocycles. The number of hydrogen-bond acceptors (Lipinski definition) is 4. The first-order chi connectivity index (χ1) is 23.7. The van der Waals surface area contributed by atoms with Gasteiger partial charge in [-0.05, 0) is 32.1 Å². The fraction of sp³-hybridized carbons (Fsp3) is 0.977. The second kappa shape index (κ2) is 42.4. The summed E-state index contributed by atoms with van der Waals surface area (Å²) in [6, 6.07) is 0. The molecular formula is C43H87NO4. The highest BCUT2D eigenvalue weighted by Gasteiger charge is 2.14. The lowest BCUT2D eigenvalue weighted by Gasteiger charge is -2.18. The molecule has 0 heterocycles. The minimum absolute atomic E-state index is 0.0524. The first-order valence-corrected chi connectivity index (χ1v) is 21.8. The molecular weight excluding hydrogens is 594 g/mol. The second-order valence-electron chi connectivity index (χ2n) is 14.7. The maximum absolute atomic E-state index is 12.5. The molecule has 5 heteroatoms. The number of carbonyl (C=O) groups is 1. The van der Waals surface area contributed by atoms with Gasteiger partial charge in [-0.3, -0.25) is 0 Å².